The van der Waals surface area contributed by atoms with E-state index in [0.717, 1.165) is 36.8 Å². The van der Waals surface area contributed by atoms with Gasteiger partial charge < -0.3 is 4.74 Å². The molecule has 2 aromatic rings. The van der Waals surface area contributed by atoms with Crippen molar-refractivity contribution < 1.29 is 9.53 Å². The average molecular weight is 361 g/mol. The van der Waals surface area contributed by atoms with Gasteiger partial charge in [-0.05, 0) is 35.6 Å². The topological polar surface area (TPSA) is 50.1 Å². The van der Waals surface area contributed by atoms with Crippen molar-refractivity contribution in [3.05, 3.63) is 71.8 Å². The molecule has 0 N–H and O–H groups in total. The lowest BCUT2D eigenvalue weighted by molar-refractivity contribution is -0.129. The SMILES string of the molecule is CCCCC(CC)CC(=C(C#N)C(=O)Oc1ccccc1)c1ccccc1. The Kier molecular flexibility index (Phi) is 8.32. The van der Waals surface area contributed by atoms with E-state index in [-0.39, 0.29) is 5.57 Å². The molecule has 0 spiro atoms. The zero-order chi connectivity index (χ0) is 19.5. The van der Waals surface area contributed by atoms with Crippen molar-refractivity contribution in [3.8, 4) is 11.8 Å². The molecule has 1 unspecified atom stereocenters. The molecule has 2 rings (SSSR count). The van der Waals surface area contributed by atoms with E-state index >= 15 is 0 Å². The van der Waals surface area contributed by atoms with Gasteiger partial charge in [-0.25, -0.2) is 4.79 Å². The van der Waals surface area contributed by atoms with E-state index in [1.54, 1.807) is 24.3 Å². The molecule has 3 heteroatoms. The summed E-state index contributed by atoms with van der Waals surface area (Å²) in [5, 5.41) is 9.76. The predicted octanol–water partition coefficient (Wildman–Crippen LogP) is 6.18. The van der Waals surface area contributed by atoms with Gasteiger partial charge in [0.05, 0.1) is 0 Å². The van der Waals surface area contributed by atoms with Gasteiger partial charge in [-0.2, -0.15) is 5.26 Å². The fraction of sp³-hybridized carbons (Fsp3) is 0.333. The van der Waals surface area contributed by atoms with Crippen LogP contribution in [0.15, 0.2) is 66.2 Å². The molecule has 0 bridgehead atoms. The number of rotatable bonds is 9. The second-order valence-corrected chi connectivity index (χ2v) is 6.65. The first kappa shape index (κ1) is 20.5. The van der Waals surface area contributed by atoms with Gasteiger partial charge in [0, 0.05) is 0 Å². The van der Waals surface area contributed by atoms with Crippen LogP contribution in [0.5, 0.6) is 5.75 Å². The second-order valence-electron chi connectivity index (χ2n) is 6.65. The number of esters is 1. The van der Waals surface area contributed by atoms with Crippen molar-refractivity contribution in [2.45, 2.75) is 46.0 Å². The Labute approximate surface area is 162 Å². The van der Waals surface area contributed by atoms with Gasteiger partial charge in [-0.15, -0.1) is 0 Å². The fourth-order valence-electron chi connectivity index (χ4n) is 3.12. The van der Waals surface area contributed by atoms with E-state index in [0.29, 0.717) is 18.1 Å². The molecule has 27 heavy (non-hydrogen) atoms. The standard InChI is InChI=1S/C24H27NO2/c1-3-5-12-19(4-2)17-22(20-13-8-6-9-14-20)23(18-25)24(26)27-21-15-10-7-11-16-21/h6-11,13-16,19H,3-5,12,17H2,1-2H3. The second kappa shape index (κ2) is 11.0. The number of carbonyl (C=O) groups excluding carboxylic acids is 1. The number of nitriles is 1. The number of hydrogen-bond acceptors (Lipinski definition) is 3. The summed E-state index contributed by atoms with van der Waals surface area (Å²) in [6.45, 7) is 4.34. The van der Waals surface area contributed by atoms with Crippen molar-refractivity contribution in [2.24, 2.45) is 5.92 Å². The molecule has 1 atom stereocenters. The van der Waals surface area contributed by atoms with Gasteiger partial charge in [0.25, 0.3) is 0 Å². The van der Waals surface area contributed by atoms with Crippen molar-refractivity contribution in [2.75, 3.05) is 0 Å². The number of carbonyl (C=O) groups is 1. The van der Waals surface area contributed by atoms with Gasteiger partial charge in [-0.1, -0.05) is 88.1 Å². The average Bonchev–Trinajstić information content (AvgIpc) is 2.71. The molecule has 0 aromatic heterocycles. The Hall–Kier alpha value is -2.86. The molecule has 0 saturated heterocycles. The Morgan fingerprint density at radius 1 is 1.04 bits per heavy atom. The Morgan fingerprint density at radius 2 is 1.67 bits per heavy atom. The van der Waals surface area contributed by atoms with Crippen LogP contribution in [0.4, 0.5) is 0 Å². The molecule has 3 nitrogen and oxygen atoms in total. The summed E-state index contributed by atoms with van der Waals surface area (Å²) < 4.78 is 5.45. The number of benzene rings is 2. The number of unbranched alkanes of at least 4 members (excludes halogenated alkanes) is 1. The number of allylic oxidation sites excluding steroid dienone is 1. The fourth-order valence-corrected chi connectivity index (χ4v) is 3.12. The van der Waals surface area contributed by atoms with Gasteiger partial charge >= 0.3 is 5.97 Å². The van der Waals surface area contributed by atoms with E-state index in [9.17, 15) is 10.1 Å². The van der Waals surface area contributed by atoms with Crippen LogP contribution >= 0.6 is 0 Å². The van der Waals surface area contributed by atoms with Gasteiger partial charge in [0.1, 0.15) is 17.4 Å². The molecule has 0 aliphatic carbocycles. The molecule has 0 amide bonds. The minimum absolute atomic E-state index is 0.0972. The van der Waals surface area contributed by atoms with Crippen LogP contribution in [-0.4, -0.2) is 5.97 Å². The molecule has 0 aliphatic rings. The van der Waals surface area contributed by atoms with Gasteiger partial charge in [0.2, 0.25) is 0 Å². The lowest BCUT2D eigenvalue weighted by Crippen LogP contribution is -2.14. The molecule has 0 radical (unpaired) electrons. The van der Waals surface area contributed by atoms with E-state index in [4.69, 9.17) is 4.74 Å². The molecule has 0 heterocycles. The first-order valence-corrected chi connectivity index (χ1v) is 9.65. The summed E-state index contributed by atoms with van der Waals surface area (Å²) in [5.74, 6) is 0.293. The molecule has 0 fully saturated rings. The number of nitrogens with zero attached hydrogens (tertiary/aromatic N) is 1. The third kappa shape index (κ3) is 6.11. The predicted molar refractivity (Wildman–Crippen MR) is 109 cm³/mol. The third-order valence-electron chi connectivity index (χ3n) is 4.73. The van der Waals surface area contributed by atoms with E-state index < -0.39 is 5.97 Å². The van der Waals surface area contributed by atoms with Crippen molar-refractivity contribution in [1.29, 1.82) is 5.26 Å². The first-order chi connectivity index (χ1) is 13.2. The lowest BCUT2D eigenvalue weighted by atomic mass is 9.86. The third-order valence-corrected chi connectivity index (χ3v) is 4.73. The maximum absolute atomic E-state index is 12.7. The molecular weight excluding hydrogens is 334 g/mol. The zero-order valence-electron chi connectivity index (χ0n) is 16.2. The van der Waals surface area contributed by atoms with Crippen molar-refractivity contribution in [3.63, 3.8) is 0 Å². The smallest absolute Gasteiger partial charge is 0.354 e. The highest BCUT2D eigenvalue weighted by Crippen LogP contribution is 2.31. The molecule has 0 saturated carbocycles. The maximum atomic E-state index is 12.7. The van der Waals surface area contributed by atoms with Crippen LogP contribution in [0.2, 0.25) is 0 Å². The Balaban J connectivity index is 2.38. The summed E-state index contributed by atoms with van der Waals surface area (Å²) in [6, 6.07) is 20.7. The largest absolute Gasteiger partial charge is 0.422 e. The van der Waals surface area contributed by atoms with E-state index in [1.165, 1.54) is 0 Å². The Bertz CT molecular complexity index is 788. The molecular formula is C24H27NO2. The lowest BCUT2D eigenvalue weighted by Gasteiger charge is -2.18. The summed E-state index contributed by atoms with van der Waals surface area (Å²) in [7, 11) is 0. The van der Waals surface area contributed by atoms with Gasteiger partial charge in [-0.3, -0.25) is 0 Å². The summed E-state index contributed by atoms with van der Waals surface area (Å²) >= 11 is 0. The highest BCUT2D eigenvalue weighted by Gasteiger charge is 2.21. The first-order valence-electron chi connectivity index (χ1n) is 9.65. The summed E-state index contributed by atoms with van der Waals surface area (Å²) in [4.78, 5) is 12.7. The normalized spacial score (nSPS) is 12.6. The van der Waals surface area contributed by atoms with Crippen LogP contribution in [0.1, 0.15) is 51.5 Å². The highest BCUT2D eigenvalue weighted by molar-refractivity contribution is 6.02. The Morgan fingerprint density at radius 3 is 2.22 bits per heavy atom. The monoisotopic (exact) mass is 361 g/mol. The minimum Gasteiger partial charge on any atom is -0.422 e. The van der Waals surface area contributed by atoms with Crippen LogP contribution in [0, 0.1) is 17.2 Å². The highest BCUT2D eigenvalue weighted by atomic mass is 16.5. The van der Waals surface area contributed by atoms with Crippen molar-refractivity contribution in [1.82, 2.24) is 0 Å². The van der Waals surface area contributed by atoms with Gasteiger partial charge in [0.15, 0.2) is 0 Å². The van der Waals surface area contributed by atoms with Crippen LogP contribution < -0.4 is 4.74 Å². The van der Waals surface area contributed by atoms with Crippen LogP contribution in [-0.2, 0) is 4.79 Å². The molecule has 0 aliphatic heterocycles. The number of ether oxygens (including phenoxy) is 1. The van der Waals surface area contributed by atoms with E-state index in [1.807, 2.05) is 36.4 Å². The minimum atomic E-state index is -0.590. The number of hydrogen-bond donors (Lipinski definition) is 0. The quantitative estimate of drug-likeness (QED) is 0.232. The zero-order valence-corrected chi connectivity index (χ0v) is 16.2. The van der Waals surface area contributed by atoms with Crippen LogP contribution in [0.3, 0.4) is 0 Å². The van der Waals surface area contributed by atoms with Crippen LogP contribution in [0.25, 0.3) is 5.57 Å². The summed E-state index contributed by atoms with van der Waals surface area (Å²) in [6.07, 6.45) is 5.10. The van der Waals surface area contributed by atoms with Crippen molar-refractivity contribution >= 4 is 11.5 Å². The van der Waals surface area contributed by atoms with E-state index in [2.05, 4.69) is 19.9 Å². The molecule has 2 aromatic carbocycles. The maximum Gasteiger partial charge on any atom is 0.354 e. The molecule has 140 valence electrons. The number of para-hydroxylation sites is 1. The summed E-state index contributed by atoms with van der Waals surface area (Å²) in [5.41, 5.74) is 1.79.